The molecule has 0 aromatic carbocycles. The Labute approximate surface area is 78.6 Å². The number of nitrogens with two attached hydrogens (primary N) is 1. The second-order valence-electron chi connectivity index (χ2n) is 2.91. The molecule has 0 fully saturated rings. The Bertz CT molecular complexity index is 560. The van der Waals surface area contributed by atoms with Gasteiger partial charge in [0.2, 0.25) is 5.52 Å². The van der Waals surface area contributed by atoms with Gasteiger partial charge < -0.3 is 5.73 Å². The standard InChI is InChI=1S/C7H8N6O/c1-3-9-4-5(13(2)12-3)10-7(8)11-6(4)14/h1-2H3,(H2,8,11,14)/p+1. The maximum absolute atomic E-state index is 11.4. The van der Waals surface area contributed by atoms with Crippen molar-refractivity contribution in [1.82, 2.24) is 20.1 Å². The maximum Gasteiger partial charge on any atom is 0.379 e. The van der Waals surface area contributed by atoms with Gasteiger partial charge in [0.05, 0.1) is 0 Å². The van der Waals surface area contributed by atoms with E-state index < -0.39 is 0 Å². The summed E-state index contributed by atoms with van der Waals surface area (Å²) in [6, 6.07) is 0. The van der Waals surface area contributed by atoms with Crippen LogP contribution in [-0.4, -0.2) is 20.1 Å². The number of aryl methyl sites for hydroxylation is 2. The minimum atomic E-state index is -0.353. The topological polar surface area (TPSA) is 101 Å². The van der Waals surface area contributed by atoms with Crippen molar-refractivity contribution in [2.45, 2.75) is 6.92 Å². The summed E-state index contributed by atoms with van der Waals surface area (Å²) >= 11 is 0. The van der Waals surface area contributed by atoms with E-state index in [1.807, 2.05) is 0 Å². The molecule has 0 aliphatic heterocycles. The van der Waals surface area contributed by atoms with Crippen LogP contribution in [0.4, 0.5) is 5.95 Å². The van der Waals surface area contributed by atoms with E-state index in [0.717, 1.165) is 0 Å². The second kappa shape index (κ2) is 2.72. The minimum Gasteiger partial charge on any atom is -0.348 e. The largest absolute Gasteiger partial charge is 0.379 e. The lowest BCUT2D eigenvalue weighted by Gasteiger charge is -1.95. The molecule has 0 saturated heterocycles. The lowest BCUT2D eigenvalue weighted by Crippen LogP contribution is -2.38. The predicted molar refractivity (Wildman–Crippen MR) is 48.3 cm³/mol. The van der Waals surface area contributed by atoms with Crippen LogP contribution in [-0.2, 0) is 7.05 Å². The van der Waals surface area contributed by atoms with E-state index in [4.69, 9.17) is 5.73 Å². The molecule has 0 atom stereocenters. The van der Waals surface area contributed by atoms with Gasteiger partial charge in [-0.2, -0.15) is 0 Å². The minimum absolute atomic E-state index is 0.0607. The number of nitrogens with one attached hydrogen (secondary N) is 1. The van der Waals surface area contributed by atoms with Gasteiger partial charge in [0.15, 0.2) is 5.82 Å². The summed E-state index contributed by atoms with van der Waals surface area (Å²) in [6.07, 6.45) is 0. The Balaban J connectivity index is 3.02. The zero-order valence-electron chi connectivity index (χ0n) is 7.77. The fourth-order valence-corrected chi connectivity index (χ4v) is 1.25. The summed E-state index contributed by atoms with van der Waals surface area (Å²) in [4.78, 5) is 21.7. The Kier molecular flexibility index (Phi) is 1.66. The molecular weight excluding hydrogens is 184 g/mol. The fourth-order valence-electron chi connectivity index (χ4n) is 1.25. The summed E-state index contributed by atoms with van der Waals surface area (Å²) in [5.74, 6) is 0.572. The number of H-pyrrole nitrogens is 1. The second-order valence-corrected chi connectivity index (χ2v) is 2.91. The number of nitrogens with zero attached hydrogens (tertiary/aromatic N) is 4. The highest BCUT2D eigenvalue weighted by Crippen LogP contribution is 1.97. The summed E-state index contributed by atoms with van der Waals surface area (Å²) in [5.41, 5.74) is 5.66. The molecule has 0 spiro atoms. The molecule has 2 rings (SSSR count). The van der Waals surface area contributed by atoms with Crippen LogP contribution in [0.5, 0.6) is 0 Å². The van der Waals surface area contributed by atoms with E-state index in [0.29, 0.717) is 11.5 Å². The van der Waals surface area contributed by atoms with Crippen LogP contribution >= 0.6 is 0 Å². The van der Waals surface area contributed by atoms with Crippen molar-refractivity contribution in [3.63, 3.8) is 0 Å². The number of nitrogen functional groups attached to an aromatic ring is 1. The van der Waals surface area contributed by atoms with Crippen LogP contribution in [0.3, 0.4) is 0 Å². The van der Waals surface area contributed by atoms with Crippen LogP contribution in [0, 0.1) is 6.92 Å². The van der Waals surface area contributed by atoms with Crippen LogP contribution < -0.4 is 16.0 Å². The third-order valence-corrected chi connectivity index (χ3v) is 1.77. The fraction of sp³-hybridized carbons (Fsp3) is 0.286. The molecule has 2 aromatic heterocycles. The van der Waals surface area contributed by atoms with Gasteiger partial charge in [-0.25, -0.2) is 4.98 Å². The Morgan fingerprint density at radius 1 is 1.43 bits per heavy atom. The van der Waals surface area contributed by atoms with Gasteiger partial charge in [-0.05, 0) is 6.92 Å². The number of hydrogen-bond acceptors (Lipinski definition) is 5. The van der Waals surface area contributed by atoms with Crippen LogP contribution in [0.2, 0.25) is 0 Å². The molecule has 0 bridgehead atoms. The first-order valence-corrected chi connectivity index (χ1v) is 3.98. The van der Waals surface area contributed by atoms with E-state index in [1.165, 1.54) is 4.68 Å². The van der Waals surface area contributed by atoms with E-state index in [-0.39, 0.29) is 17.0 Å². The first-order chi connectivity index (χ1) is 6.58. The normalized spacial score (nSPS) is 10.7. The highest BCUT2D eigenvalue weighted by Gasteiger charge is 2.15. The van der Waals surface area contributed by atoms with Crippen molar-refractivity contribution in [3.05, 3.63) is 16.2 Å². The zero-order chi connectivity index (χ0) is 10.3. The van der Waals surface area contributed by atoms with E-state index >= 15 is 0 Å². The molecule has 7 nitrogen and oxygen atoms in total. The molecule has 0 aliphatic rings. The third-order valence-electron chi connectivity index (χ3n) is 1.77. The van der Waals surface area contributed by atoms with Crippen molar-refractivity contribution in [2.24, 2.45) is 7.05 Å². The van der Waals surface area contributed by atoms with Gasteiger partial charge in [-0.1, -0.05) is 5.10 Å². The molecule has 0 saturated carbocycles. The first kappa shape index (κ1) is 8.54. The van der Waals surface area contributed by atoms with Gasteiger partial charge in [0.25, 0.3) is 5.56 Å². The van der Waals surface area contributed by atoms with Crippen LogP contribution in [0.1, 0.15) is 5.82 Å². The summed E-state index contributed by atoms with van der Waals surface area (Å²) in [5, 5.41) is 4.02. The average molecular weight is 193 g/mol. The number of hydrogen-bond donors (Lipinski definition) is 2. The molecule has 0 radical (unpaired) electrons. The molecule has 3 N–H and O–H groups in total. The first-order valence-electron chi connectivity index (χ1n) is 3.98. The van der Waals surface area contributed by atoms with Gasteiger partial charge in [-0.15, -0.1) is 4.68 Å². The highest BCUT2D eigenvalue weighted by molar-refractivity contribution is 5.65. The Hall–Kier alpha value is -2.05. The van der Waals surface area contributed by atoms with E-state index in [1.54, 1.807) is 14.0 Å². The summed E-state index contributed by atoms with van der Waals surface area (Å²) in [6.45, 7) is 1.70. The maximum atomic E-state index is 11.4. The molecule has 2 heterocycles. The number of rotatable bonds is 0. The van der Waals surface area contributed by atoms with Gasteiger partial charge in [0, 0.05) is 4.98 Å². The lowest BCUT2D eigenvalue weighted by atomic mass is 10.5. The van der Waals surface area contributed by atoms with Gasteiger partial charge in [-0.3, -0.25) is 9.78 Å². The lowest BCUT2D eigenvalue weighted by molar-refractivity contribution is -0.708. The molecule has 72 valence electrons. The van der Waals surface area contributed by atoms with Crippen molar-refractivity contribution in [3.8, 4) is 0 Å². The molecule has 0 amide bonds. The van der Waals surface area contributed by atoms with Crippen LogP contribution in [0.15, 0.2) is 4.79 Å². The number of aromatic amines is 1. The molecule has 7 heteroatoms. The van der Waals surface area contributed by atoms with E-state index in [9.17, 15) is 4.79 Å². The monoisotopic (exact) mass is 193 g/mol. The number of fused-ring (bicyclic) bond motifs is 1. The SMILES string of the molecule is Cc1nc2c(=O)[nH]c(N)nc2[n+](C)n1. The Morgan fingerprint density at radius 2 is 2.14 bits per heavy atom. The van der Waals surface area contributed by atoms with Crippen molar-refractivity contribution in [2.75, 3.05) is 5.73 Å². The number of anilines is 1. The predicted octanol–water partition coefficient (Wildman–Crippen LogP) is -1.57. The molecule has 2 aromatic rings. The van der Waals surface area contributed by atoms with E-state index in [2.05, 4.69) is 20.1 Å². The summed E-state index contributed by atoms with van der Waals surface area (Å²) in [7, 11) is 1.68. The zero-order valence-corrected chi connectivity index (χ0v) is 7.77. The van der Waals surface area contributed by atoms with Gasteiger partial charge in [0.1, 0.15) is 7.05 Å². The van der Waals surface area contributed by atoms with Crippen LogP contribution in [0.25, 0.3) is 11.2 Å². The average Bonchev–Trinajstić information content (AvgIpc) is 2.07. The molecular formula is C7H9N6O+. The molecule has 14 heavy (non-hydrogen) atoms. The third kappa shape index (κ3) is 1.18. The smallest absolute Gasteiger partial charge is 0.348 e. The van der Waals surface area contributed by atoms with Gasteiger partial charge >= 0.3 is 11.6 Å². The van der Waals surface area contributed by atoms with Crippen molar-refractivity contribution >= 4 is 17.1 Å². The van der Waals surface area contributed by atoms with Crippen molar-refractivity contribution in [1.29, 1.82) is 0 Å². The Morgan fingerprint density at radius 3 is 2.86 bits per heavy atom. The molecule has 0 unspecified atom stereocenters. The molecule has 0 aliphatic carbocycles. The quantitative estimate of drug-likeness (QED) is 0.492. The highest BCUT2D eigenvalue weighted by atomic mass is 16.1. The van der Waals surface area contributed by atoms with Crippen molar-refractivity contribution < 1.29 is 4.68 Å². The number of aromatic nitrogens is 5. The summed E-state index contributed by atoms with van der Waals surface area (Å²) < 4.78 is 1.48.